The number of nitrogens with zero attached hydrogens (tertiary/aromatic N) is 2. The molecule has 0 radical (unpaired) electrons. The van der Waals surface area contributed by atoms with E-state index in [0.29, 0.717) is 12.6 Å². The highest BCUT2D eigenvalue weighted by molar-refractivity contribution is 5.95. The molecule has 2 fully saturated rings. The molecule has 2 aliphatic heterocycles. The molecule has 0 aliphatic carbocycles. The fourth-order valence-corrected chi connectivity index (χ4v) is 2.54. The summed E-state index contributed by atoms with van der Waals surface area (Å²) >= 11 is 0. The summed E-state index contributed by atoms with van der Waals surface area (Å²) < 4.78 is 0. The van der Waals surface area contributed by atoms with Crippen LogP contribution in [0.15, 0.2) is 0 Å². The van der Waals surface area contributed by atoms with E-state index in [0.717, 1.165) is 25.9 Å². The van der Waals surface area contributed by atoms with Crippen LogP contribution in [-0.2, 0) is 9.59 Å². The minimum absolute atomic E-state index is 0.108. The minimum atomic E-state index is -0.171. The molecule has 0 saturated carbocycles. The second kappa shape index (κ2) is 5.04. The molecule has 0 aromatic carbocycles. The maximum absolute atomic E-state index is 12.1. The summed E-state index contributed by atoms with van der Waals surface area (Å²) in [6.07, 6.45) is 1.79. The Labute approximate surface area is 102 Å². The van der Waals surface area contributed by atoms with Crippen LogP contribution in [0.25, 0.3) is 0 Å². The second-order valence-electron chi connectivity index (χ2n) is 5.11. The molecule has 2 saturated heterocycles. The fraction of sp³-hybridized carbons (Fsp3) is 0.833. The molecule has 2 amide bonds. The third kappa shape index (κ3) is 2.60. The molecule has 0 spiro atoms. The van der Waals surface area contributed by atoms with Gasteiger partial charge in [0.05, 0.1) is 6.54 Å². The van der Waals surface area contributed by atoms with E-state index in [2.05, 4.69) is 19.2 Å². The Hall–Kier alpha value is -1.10. The topological polar surface area (TPSA) is 52.7 Å². The van der Waals surface area contributed by atoms with Gasteiger partial charge in [-0.25, -0.2) is 0 Å². The average Bonchev–Trinajstić information content (AvgIpc) is 2.74. The van der Waals surface area contributed by atoms with Gasteiger partial charge >= 0.3 is 0 Å². The summed E-state index contributed by atoms with van der Waals surface area (Å²) in [6, 6.07) is 0.240. The summed E-state index contributed by atoms with van der Waals surface area (Å²) in [5, 5.41) is 3.27. The fourth-order valence-electron chi connectivity index (χ4n) is 2.54. The van der Waals surface area contributed by atoms with E-state index in [1.54, 1.807) is 9.80 Å². The molecule has 1 N–H and O–H groups in total. The van der Waals surface area contributed by atoms with Crippen molar-refractivity contribution in [2.24, 2.45) is 0 Å². The van der Waals surface area contributed by atoms with Crippen molar-refractivity contribution in [2.75, 3.05) is 26.2 Å². The van der Waals surface area contributed by atoms with Gasteiger partial charge in [0, 0.05) is 25.7 Å². The Kier molecular flexibility index (Phi) is 3.66. The summed E-state index contributed by atoms with van der Waals surface area (Å²) in [6.45, 7) is 6.54. The predicted octanol–water partition coefficient (Wildman–Crippen LogP) is -0.182. The van der Waals surface area contributed by atoms with E-state index in [1.165, 1.54) is 0 Å². The molecule has 96 valence electrons. The number of fused-ring (bicyclic) bond motifs is 1. The number of nitrogens with one attached hydrogen (secondary N) is 1. The molecule has 1 atom stereocenters. The van der Waals surface area contributed by atoms with Crippen LogP contribution in [0.1, 0.15) is 26.7 Å². The number of carbonyl (C=O) groups is 2. The van der Waals surface area contributed by atoms with E-state index >= 15 is 0 Å². The smallest absolute Gasteiger partial charge is 0.245 e. The third-order valence-corrected chi connectivity index (χ3v) is 3.43. The molecule has 5 nitrogen and oxygen atoms in total. The van der Waals surface area contributed by atoms with Gasteiger partial charge in [0.15, 0.2) is 0 Å². The van der Waals surface area contributed by atoms with Crippen molar-refractivity contribution in [3.8, 4) is 0 Å². The molecular weight excluding hydrogens is 218 g/mol. The highest BCUT2D eigenvalue weighted by Crippen LogP contribution is 2.23. The zero-order valence-electron chi connectivity index (χ0n) is 10.6. The maximum atomic E-state index is 12.1. The SMILES string of the molecule is CC(C)NCCN1CC(=O)N2CCCC2C1=O. The molecule has 17 heavy (non-hydrogen) atoms. The van der Waals surface area contributed by atoms with E-state index in [1.807, 2.05) is 0 Å². The first-order chi connectivity index (χ1) is 8.09. The Morgan fingerprint density at radius 1 is 1.41 bits per heavy atom. The monoisotopic (exact) mass is 239 g/mol. The minimum Gasteiger partial charge on any atom is -0.330 e. The van der Waals surface area contributed by atoms with Gasteiger partial charge in [-0.05, 0) is 12.8 Å². The van der Waals surface area contributed by atoms with Gasteiger partial charge in [-0.15, -0.1) is 0 Å². The summed E-state index contributed by atoms with van der Waals surface area (Å²) in [7, 11) is 0. The predicted molar refractivity (Wildman–Crippen MR) is 64.5 cm³/mol. The third-order valence-electron chi connectivity index (χ3n) is 3.43. The van der Waals surface area contributed by atoms with Crippen molar-refractivity contribution in [3.63, 3.8) is 0 Å². The number of rotatable bonds is 4. The molecular formula is C12H21N3O2. The van der Waals surface area contributed by atoms with Crippen LogP contribution in [0.5, 0.6) is 0 Å². The van der Waals surface area contributed by atoms with Gasteiger partial charge in [0.1, 0.15) is 6.04 Å². The van der Waals surface area contributed by atoms with Crippen molar-refractivity contribution in [1.29, 1.82) is 0 Å². The van der Waals surface area contributed by atoms with Crippen molar-refractivity contribution in [3.05, 3.63) is 0 Å². The molecule has 5 heteroatoms. The van der Waals surface area contributed by atoms with Crippen LogP contribution in [-0.4, -0.2) is 59.9 Å². The Morgan fingerprint density at radius 3 is 2.88 bits per heavy atom. The summed E-state index contributed by atoms with van der Waals surface area (Å²) in [5.41, 5.74) is 0. The van der Waals surface area contributed by atoms with Crippen LogP contribution in [0.4, 0.5) is 0 Å². The molecule has 0 aromatic heterocycles. The van der Waals surface area contributed by atoms with Crippen LogP contribution in [0.3, 0.4) is 0 Å². The highest BCUT2D eigenvalue weighted by Gasteiger charge is 2.41. The van der Waals surface area contributed by atoms with Gasteiger partial charge in [-0.3, -0.25) is 9.59 Å². The van der Waals surface area contributed by atoms with Crippen molar-refractivity contribution >= 4 is 11.8 Å². The van der Waals surface area contributed by atoms with Crippen LogP contribution >= 0.6 is 0 Å². The van der Waals surface area contributed by atoms with Crippen LogP contribution < -0.4 is 5.32 Å². The van der Waals surface area contributed by atoms with Gasteiger partial charge in [0.25, 0.3) is 0 Å². The lowest BCUT2D eigenvalue weighted by Crippen LogP contribution is -2.58. The van der Waals surface area contributed by atoms with Crippen LogP contribution in [0, 0.1) is 0 Å². The largest absolute Gasteiger partial charge is 0.330 e. The van der Waals surface area contributed by atoms with Crippen LogP contribution in [0.2, 0.25) is 0 Å². The zero-order chi connectivity index (χ0) is 12.4. The lowest BCUT2D eigenvalue weighted by Gasteiger charge is -2.36. The average molecular weight is 239 g/mol. The normalized spacial score (nSPS) is 24.8. The van der Waals surface area contributed by atoms with Gasteiger partial charge in [-0.1, -0.05) is 13.8 Å². The van der Waals surface area contributed by atoms with Gasteiger partial charge < -0.3 is 15.1 Å². The van der Waals surface area contributed by atoms with Gasteiger partial charge in [-0.2, -0.15) is 0 Å². The van der Waals surface area contributed by atoms with Gasteiger partial charge in [0.2, 0.25) is 11.8 Å². The summed E-state index contributed by atoms with van der Waals surface area (Å²) in [4.78, 5) is 27.4. The number of hydrogen-bond donors (Lipinski definition) is 1. The molecule has 1 unspecified atom stereocenters. The lowest BCUT2D eigenvalue weighted by atomic mass is 10.1. The Bertz CT molecular complexity index is 317. The first-order valence-corrected chi connectivity index (χ1v) is 6.41. The number of amides is 2. The molecule has 2 aliphatic rings. The standard InChI is InChI=1S/C12H21N3O2/c1-9(2)13-5-7-14-8-11(16)15-6-3-4-10(15)12(14)17/h9-10,13H,3-8H2,1-2H3. The van der Waals surface area contributed by atoms with E-state index in [9.17, 15) is 9.59 Å². The van der Waals surface area contributed by atoms with Crippen molar-refractivity contribution < 1.29 is 9.59 Å². The number of piperazine rings is 1. The molecule has 2 rings (SSSR count). The summed E-state index contributed by atoms with van der Waals surface area (Å²) in [5.74, 6) is 0.240. The maximum Gasteiger partial charge on any atom is 0.245 e. The Balaban J connectivity index is 1.90. The quantitative estimate of drug-likeness (QED) is 0.740. The second-order valence-corrected chi connectivity index (χ2v) is 5.11. The zero-order valence-corrected chi connectivity index (χ0v) is 10.6. The number of hydrogen-bond acceptors (Lipinski definition) is 3. The van der Waals surface area contributed by atoms with E-state index in [-0.39, 0.29) is 24.4 Å². The number of carbonyl (C=O) groups excluding carboxylic acids is 2. The molecule has 0 aromatic rings. The first kappa shape index (κ1) is 12.4. The highest BCUT2D eigenvalue weighted by atomic mass is 16.2. The molecule has 0 bridgehead atoms. The molecule has 2 heterocycles. The van der Waals surface area contributed by atoms with E-state index in [4.69, 9.17) is 0 Å². The lowest BCUT2D eigenvalue weighted by molar-refractivity contribution is -0.153. The first-order valence-electron chi connectivity index (χ1n) is 6.41. The van der Waals surface area contributed by atoms with Crippen molar-refractivity contribution in [1.82, 2.24) is 15.1 Å². The van der Waals surface area contributed by atoms with E-state index < -0.39 is 0 Å². The Morgan fingerprint density at radius 2 is 2.18 bits per heavy atom. The van der Waals surface area contributed by atoms with Crippen molar-refractivity contribution in [2.45, 2.75) is 38.8 Å².